The van der Waals surface area contributed by atoms with E-state index in [1.807, 2.05) is 7.05 Å². The molecule has 2 rings (SSSR count). The van der Waals surface area contributed by atoms with Gasteiger partial charge >= 0.3 is 0 Å². The fraction of sp³-hybridized carbons (Fsp3) is 0.200. The average molecular weight is 369 g/mol. The second kappa shape index (κ2) is 6.00. The first-order valence-corrected chi connectivity index (χ1v) is 7.40. The van der Waals surface area contributed by atoms with Crippen LogP contribution in [0.3, 0.4) is 0 Å². The zero-order valence-electron chi connectivity index (χ0n) is 10.4. The lowest BCUT2D eigenvalue weighted by Crippen LogP contribution is -2.18. The minimum absolute atomic E-state index is 0.218. The van der Waals surface area contributed by atoms with Gasteiger partial charge in [0.15, 0.2) is 0 Å². The van der Waals surface area contributed by atoms with Crippen LogP contribution in [0.25, 0.3) is 0 Å². The number of rotatable bonds is 3. The highest BCUT2D eigenvalue weighted by Gasteiger charge is 2.14. The molecule has 0 aliphatic heterocycles. The summed E-state index contributed by atoms with van der Waals surface area (Å²) in [5.41, 5.74) is 3.84. The minimum atomic E-state index is 0.218. The van der Waals surface area contributed by atoms with E-state index in [1.54, 1.807) is 0 Å². The monoisotopic (exact) mass is 367 g/mol. The second-order valence-corrected chi connectivity index (χ2v) is 6.00. The molecule has 0 saturated carbocycles. The smallest absolute Gasteiger partial charge is 0.0577 e. The van der Waals surface area contributed by atoms with E-state index in [2.05, 4.69) is 86.6 Å². The van der Waals surface area contributed by atoms with Crippen LogP contribution in [0.2, 0.25) is 0 Å². The highest BCUT2D eigenvalue weighted by atomic mass is 79.9. The molecule has 1 atom stereocenters. The van der Waals surface area contributed by atoms with Crippen molar-refractivity contribution in [1.82, 2.24) is 5.32 Å². The molecule has 0 aromatic heterocycles. The molecule has 18 heavy (non-hydrogen) atoms. The van der Waals surface area contributed by atoms with Crippen molar-refractivity contribution in [3.63, 3.8) is 0 Å². The summed E-state index contributed by atoms with van der Waals surface area (Å²) in [5.74, 6) is 0. The minimum Gasteiger partial charge on any atom is -0.309 e. The van der Waals surface area contributed by atoms with Crippen LogP contribution in [0.15, 0.2) is 51.4 Å². The van der Waals surface area contributed by atoms with Gasteiger partial charge in [-0.3, -0.25) is 0 Å². The topological polar surface area (TPSA) is 12.0 Å². The van der Waals surface area contributed by atoms with Crippen molar-refractivity contribution < 1.29 is 0 Å². The van der Waals surface area contributed by atoms with Crippen molar-refractivity contribution in [3.8, 4) is 0 Å². The van der Waals surface area contributed by atoms with E-state index >= 15 is 0 Å². The number of nitrogens with one attached hydrogen (secondary N) is 1. The maximum atomic E-state index is 3.59. The molecular formula is C15H15Br2N. The van der Waals surface area contributed by atoms with Crippen molar-refractivity contribution in [2.45, 2.75) is 13.0 Å². The van der Waals surface area contributed by atoms with Crippen LogP contribution in [0.1, 0.15) is 22.7 Å². The zero-order chi connectivity index (χ0) is 13.1. The highest BCUT2D eigenvalue weighted by molar-refractivity contribution is 9.10. The zero-order valence-corrected chi connectivity index (χ0v) is 13.5. The number of hydrogen-bond acceptors (Lipinski definition) is 1. The lowest BCUT2D eigenvalue weighted by atomic mass is 9.95. The first-order chi connectivity index (χ1) is 8.63. The number of hydrogen-bond donors (Lipinski definition) is 1. The molecule has 0 saturated heterocycles. The average Bonchev–Trinajstić information content (AvgIpc) is 2.37. The Morgan fingerprint density at radius 3 is 2.28 bits per heavy atom. The molecule has 0 amide bonds. The van der Waals surface area contributed by atoms with Gasteiger partial charge in [-0.2, -0.15) is 0 Å². The molecule has 0 aliphatic rings. The van der Waals surface area contributed by atoms with E-state index in [1.165, 1.54) is 16.7 Å². The van der Waals surface area contributed by atoms with E-state index in [0.29, 0.717) is 0 Å². The molecule has 0 spiro atoms. The van der Waals surface area contributed by atoms with Crippen LogP contribution in [0.5, 0.6) is 0 Å². The molecule has 2 aromatic rings. The Morgan fingerprint density at radius 1 is 1.00 bits per heavy atom. The van der Waals surface area contributed by atoms with Gasteiger partial charge in [0.2, 0.25) is 0 Å². The molecule has 1 unspecified atom stereocenters. The summed E-state index contributed by atoms with van der Waals surface area (Å²) in [6.07, 6.45) is 0. The van der Waals surface area contributed by atoms with Crippen molar-refractivity contribution in [2.24, 2.45) is 0 Å². The summed E-state index contributed by atoms with van der Waals surface area (Å²) >= 11 is 7.06. The summed E-state index contributed by atoms with van der Waals surface area (Å²) in [6.45, 7) is 2.14. The number of halogens is 2. The Kier molecular flexibility index (Phi) is 4.60. The van der Waals surface area contributed by atoms with Crippen LogP contribution in [0.4, 0.5) is 0 Å². The maximum absolute atomic E-state index is 3.59. The molecule has 0 bridgehead atoms. The lowest BCUT2D eigenvalue weighted by molar-refractivity contribution is 0.687. The number of benzene rings is 2. The van der Waals surface area contributed by atoms with Crippen molar-refractivity contribution in [1.29, 1.82) is 0 Å². The quantitative estimate of drug-likeness (QED) is 0.818. The maximum Gasteiger partial charge on any atom is 0.0577 e. The van der Waals surface area contributed by atoms with E-state index in [0.717, 1.165) is 8.95 Å². The van der Waals surface area contributed by atoms with Crippen LogP contribution in [0, 0.1) is 6.92 Å². The molecule has 0 aliphatic carbocycles. The summed E-state index contributed by atoms with van der Waals surface area (Å²) in [5, 5.41) is 3.39. The highest BCUT2D eigenvalue weighted by Crippen LogP contribution is 2.29. The predicted octanol–water partition coefficient (Wildman–Crippen LogP) is 4.83. The van der Waals surface area contributed by atoms with Crippen molar-refractivity contribution in [2.75, 3.05) is 7.05 Å². The fourth-order valence-corrected chi connectivity index (χ4v) is 2.74. The summed E-state index contributed by atoms with van der Waals surface area (Å²) < 4.78 is 2.25. The van der Waals surface area contributed by atoms with Gasteiger partial charge in [-0.1, -0.05) is 56.1 Å². The van der Waals surface area contributed by atoms with Crippen LogP contribution >= 0.6 is 31.9 Å². The van der Waals surface area contributed by atoms with Gasteiger partial charge in [-0.05, 0) is 48.9 Å². The molecular weight excluding hydrogens is 354 g/mol. The van der Waals surface area contributed by atoms with Crippen molar-refractivity contribution >= 4 is 31.9 Å². The molecule has 2 aromatic carbocycles. The van der Waals surface area contributed by atoms with E-state index in [4.69, 9.17) is 0 Å². The molecule has 0 radical (unpaired) electrons. The van der Waals surface area contributed by atoms with Gasteiger partial charge in [0, 0.05) is 8.95 Å². The van der Waals surface area contributed by atoms with E-state index in [9.17, 15) is 0 Å². The Morgan fingerprint density at radius 2 is 1.67 bits per heavy atom. The Balaban J connectivity index is 2.45. The molecule has 0 fully saturated rings. The Labute approximate surface area is 125 Å². The largest absolute Gasteiger partial charge is 0.309 e. The predicted molar refractivity (Wildman–Crippen MR) is 83.9 cm³/mol. The molecule has 94 valence electrons. The third-order valence-corrected chi connectivity index (χ3v) is 4.50. The lowest BCUT2D eigenvalue weighted by Gasteiger charge is -2.20. The van der Waals surface area contributed by atoms with Gasteiger partial charge in [-0.15, -0.1) is 0 Å². The Hall–Kier alpha value is -0.640. The normalized spacial score (nSPS) is 12.4. The first kappa shape index (κ1) is 13.8. The molecule has 1 N–H and O–H groups in total. The third-order valence-electron chi connectivity index (χ3n) is 3.11. The van der Waals surface area contributed by atoms with Crippen LogP contribution < -0.4 is 5.32 Å². The van der Waals surface area contributed by atoms with Gasteiger partial charge in [0.25, 0.3) is 0 Å². The molecule has 1 nitrogen and oxygen atoms in total. The van der Waals surface area contributed by atoms with Crippen LogP contribution in [-0.4, -0.2) is 7.05 Å². The third kappa shape index (κ3) is 2.85. The first-order valence-electron chi connectivity index (χ1n) is 5.81. The van der Waals surface area contributed by atoms with Gasteiger partial charge in [0.05, 0.1) is 6.04 Å². The Bertz CT molecular complexity index is 535. The van der Waals surface area contributed by atoms with Gasteiger partial charge in [-0.25, -0.2) is 0 Å². The second-order valence-electron chi connectivity index (χ2n) is 4.23. The van der Waals surface area contributed by atoms with E-state index < -0.39 is 0 Å². The standard InChI is InChI=1S/C15H15Br2N/c1-10-13(4-3-5-14(10)17)15(18-2)11-6-8-12(16)9-7-11/h3-9,15,18H,1-2H3. The SMILES string of the molecule is CNC(c1ccc(Br)cc1)c1cccc(Br)c1C. The van der Waals surface area contributed by atoms with Crippen molar-refractivity contribution in [3.05, 3.63) is 68.1 Å². The molecule has 3 heteroatoms. The van der Waals surface area contributed by atoms with Gasteiger partial charge in [0.1, 0.15) is 0 Å². The van der Waals surface area contributed by atoms with Gasteiger partial charge < -0.3 is 5.32 Å². The van der Waals surface area contributed by atoms with Crippen LogP contribution in [-0.2, 0) is 0 Å². The summed E-state index contributed by atoms with van der Waals surface area (Å²) in [6, 6.07) is 15.0. The van der Waals surface area contributed by atoms with E-state index in [-0.39, 0.29) is 6.04 Å². The summed E-state index contributed by atoms with van der Waals surface area (Å²) in [7, 11) is 1.99. The molecule has 0 heterocycles. The fourth-order valence-electron chi connectivity index (χ4n) is 2.09. The summed E-state index contributed by atoms with van der Waals surface area (Å²) in [4.78, 5) is 0.